The molecule has 0 fully saturated rings. The van der Waals surface area contributed by atoms with Crippen molar-refractivity contribution in [1.82, 2.24) is 0 Å². The number of benzene rings is 2. The van der Waals surface area contributed by atoms with E-state index in [1.165, 1.54) is 42.5 Å². The van der Waals surface area contributed by atoms with Crippen LogP contribution in [0.2, 0.25) is 0 Å². The Kier molecular flexibility index (Phi) is 4.14. The minimum Gasteiger partial charge on any atom is -0.373 e. The summed E-state index contributed by atoms with van der Waals surface area (Å²) in [5, 5.41) is 10.0. The van der Waals surface area contributed by atoms with E-state index in [0.29, 0.717) is 6.08 Å². The summed E-state index contributed by atoms with van der Waals surface area (Å²) < 4.78 is 52.6. The van der Waals surface area contributed by atoms with Gasteiger partial charge in [0.2, 0.25) is 5.60 Å². The van der Waals surface area contributed by atoms with Crippen molar-refractivity contribution in [3.8, 4) is 0 Å². The Balaban J connectivity index is 2.43. The molecular formula is C16H12F4O. The van der Waals surface area contributed by atoms with Crippen LogP contribution in [0.1, 0.15) is 11.1 Å². The second kappa shape index (κ2) is 5.69. The molecule has 21 heavy (non-hydrogen) atoms. The van der Waals surface area contributed by atoms with E-state index < -0.39 is 17.6 Å². The van der Waals surface area contributed by atoms with Gasteiger partial charge < -0.3 is 5.11 Å². The molecule has 2 aromatic carbocycles. The van der Waals surface area contributed by atoms with Crippen molar-refractivity contribution in [3.63, 3.8) is 0 Å². The van der Waals surface area contributed by atoms with Gasteiger partial charge in [0.05, 0.1) is 0 Å². The van der Waals surface area contributed by atoms with E-state index >= 15 is 0 Å². The Morgan fingerprint density at radius 2 is 1.57 bits per heavy atom. The average Bonchev–Trinajstić information content (AvgIpc) is 2.44. The second-order valence-corrected chi connectivity index (χ2v) is 4.52. The molecule has 1 N–H and O–H groups in total. The zero-order chi connectivity index (χ0) is 15.5. The summed E-state index contributed by atoms with van der Waals surface area (Å²) in [6.07, 6.45) is -3.22. The van der Waals surface area contributed by atoms with Crippen LogP contribution in [0, 0.1) is 5.82 Å². The first kappa shape index (κ1) is 15.3. The average molecular weight is 296 g/mol. The lowest BCUT2D eigenvalue weighted by Gasteiger charge is -2.27. The summed E-state index contributed by atoms with van der Waals surface area (Å²) >= 11 is 0. The lowest BCUT2D eigenvalue weighted by Crippen LogP contribution is -2.40. The minimum atomic E-state index is -4.89. The predicted octanol–water partition coefficient (Wildman–Crippen LogP) is 4.29. The standard InChI is InChI=1S/C16H12F4O/c17-14-8-4-5-12(11-14)9-10-15(21,16(18,19)20)13-6-2-1-3-7-13/h1-11,21H. The zero-order valence-corrected chi connectivity index (χ0v) is 10.8. The van der Waals surface area contributed by atoms with Crippen LogP contribution in [0.4, 0.5) is 17.6 Å². The van der Waals surface area contributed by atoms with Gasteiger partial charge in [0, 0.05) is 0 Å². The number of halogens is 4. The van der Waals surface area contributed by atoms with Crippen molar-refractivity contribution in [2.24, 2.45) is 0 Å². The molecule has 5 heteroatoms. The van der Waals surface area contributed by atoms with Gasteiger partial charge in [-0.3, -0.25) is 0 Å². The molecule has 1 nitrogen and oxygen atoms in total. The molecule has 2 aromatic rings. The number of hydrogen-bond acceptors (Lipinski definition) is 1. The van der Waals surface area contributed by atoms with Crippen LogP contribution in [0.25, 0.3) is 6.08 Å². The maximum absolute atomic E-state index is 13.2. The first-order chi connectivity index (χ1) is 9.83. The fourth-order valence-corrected chi connectivity index (χ4v) is 1.87. The Hall–Kier alpha value is -2.14. The quantitative estimate of drug-likeness (QED) is 0.838. The Labute approximate surface area is 119 Å². The van der Waals surface area contributed by atoms with Crippen molar-refractivity contribution in [3.05, 3.63) is 77.6 Å². The Morgan fingerprint density at radius 3 is 2.14 bits per heavy atom. The number of hydrogen-bond donors (Lipinski definition) is 1. The van der Waals surface area contributed by atoms with E-state index in [1.54, 1.807) is 6.07 Å². The van der Waals surface area contributed by atoms with E-state index in [9.17, 15) is 22.7 Å². The van der Waals surface area contributed by atoms with Gasteiger partial charge in [-0.25, -0.2) is 4.39 Å². The van der Waals surface area contributed by atoms with Crippen LogP contribution in [0.15, 0.2) is 60.7 Å². The van der Waals surface area contributed by atoms with Gasteiger partial charge in [0.15, 0.2) is 0 Å². The number of alkyl halides is 3. The third kappa shape index (κ3) is 3.31. The first-order valence-corrected chi connectivity index (χ1v) is 6.12. The van der Waals surface area contributed by atoms with Crippen molar-refractivity contribution >= 4 is 6.08 Å². The van der Waals surface area contributed by atoms with E-state index in [2.05, 4.69) is 0 Å². The normalized spacial score (nSPS) is 15.1. The topological polar surface area (TPSA) is 20.2 Å². The summed E-state index contributed by atoms with van der Waals surface area (Å²) in [4.78, 5) is 0. The van der Waals surface area contributed by atoms with Crippen molar-refractivity contribution in [2.45, 2.75) is 11.8 Å². The van der Waals surface area contributed by atoms with E-state index in [-0.39, 0.29) is 11.1 Å². The van der Waals surface area contributed by atoms with E-state index in [4.69, 9.17) is 0 Å². The van der Waals surface area contributed by atoms with Gasteiger partial charge >= 0.3 is 6.18 Å². The third-order valence-electron chi connectivity index (χ3n) is 3.01. The fourth-order valence-electron chi connectivity index (χ4n) is 1.87. The molecular weight excluding hydrogens is 284 g/mol. The van der Waals surface area contributed by atoms with Crippen LogP contribution < -0.4 is 0 Å². The Morgan fingerprint density at radius 1 is 0.905 bits per heavy atom. The van der Waals surface area contributed by atoms with Crippen molar-refractivity contribution in [2.75, 3.05) is 0 Å². The second-order valence-electron chi connectivity index (χ2n) is 4.52. The molecule has 0 spiro atoms. The van der Waals surface area contributed by atoms with Gasteiger partial charge in [-0.15, -0.1) is 0 Å². The maximum Gasteiger partial charge on any atom is 0.425 e. The molecule has 1 atom stereocenters. The van der Waals surface area contributed by atoms with Crippen LogP contribution >= 0.6 is 0 Å². The largest absolute Gasteiger partial charge is 0.425 e. The zero-order valence-electron chi connectivity index (χ0n) is 10.8. The molecule has 0 bridgehead atoms. The molecule has 0 saturated heterocycles. The van der Waals surface area contributed by atoms with E-state index in [0.717, 1.165) is 12.1 Å². The SMILES string of the molecule is OC(C=Cc1cccc(F)c1)(c1ccccc1)C(F)(F)F. The maximum atomic E-state index is 13.2. The molecule has 0 aromatic heterocycles. The fraction of sp³-hybridized carbons (Fsp3) is 0.125. The lowest BCUT2D eigenvalue weighted by molar-refractivity contribution is -0.244. The third-order valence-corrected chi connectivity index (χ3v) is 3.01. The van der Waals surface area contributed by atoms with Gasteiger partial charge in [-0.1, -0.05) is 48.5 Å². The highest BCUT2D eigenvalue weighted by Gasteiger charge is 2.53. The van der Waals surface area contributed by atoms with Gasteiger partial charge in [0.25, 0.3) is 0 Å². The molecule has 0 radical (unpaired) electrons. The first-order valence-electron chi connectivity index (χ1n) is 6.12. The minimum absolute atomic E-state index is 0.230. The molecule has 0 amide bonds. The summed E-state index contributed by atoms with van der Waals surface area (Å²) in [5.74, 6) is -0.563. The summed E-state index contributed by atoms with van der Waals surface area (Å²) in [6, 6.07) is 11.8. The summed E-state index contributed by atoms with van der Waals surface area (Å²) in [6.45, 7) is 0. The summed E-state index contributed by atoms with van der Waals surface area (Å²) in [5.41, 5.74) is -3.20. The molecule has 2 rings (SSSR count). The van der Waals surface area contributed by atoms with Crippen molar-refractivity contribution in [1.29, 1.82) is 0 Å². The molecule has 110 valence electrons. The smallest absolute Gasteiger partial charge is 0.373 e. The Bertz CT molecular complexity index is 634. The van der Waals surface area contributed by atoms with Crippen LogP contribution in [0.3, 0.4) is 0 Å². The van der Waals surface area contributed by atoms with Crippen LogP contribution in [-0.4, -0.2) is 11.3 Å². The van der Waals surface area contributed by atoms with Crippen LogP contribution in [0.5, 0.6) is 0 Å². The number of aliphatic hydroxyl groups is 1. The molecule has 1 unspecified atom stereocenters. The van der Waals surface area contributed by atoms with Gasteiger partial charge in [-0.05, 0) is 29.3 Å². The molecule has 0 heterocycles. The molecule has 0 aliphatic carbocycles. The molecule has 0 aliphatic rings. The molecule has 0 aliphatic heterocycles. The van der Waals surface area contributed by atoms with Crippen molar-refractivity contribution < 1.29 is 22.7 Å². The number of rotatable bonds is 3. The van der Waals surface area contributed by atoms with E-state index in [1.807, 2.05) is 0 Å². The highest BCUT2D eigenvalue weighted by molar-refractivity contribution is 5.52. The molecule has 0 saturated carbocycles. The highest BCUT2D eigenvalue weighted by atomic mass is 19.4. The van der Waals surface area contributed by atoms with Crippen LogP contribution in [-0.2, 0) is 5.60 Å². The summed E-state index contributed by atoms with van der Waals surface area (Å²) in [7, 11) is 0. The van der Waals surface area contributed by atoms with Gasteiger partial charge in [-0.2, -0.15) is 13.2 Å². The predicted molar refractivity (Wildman–Crippen MR) is 71.8 cm³/mol. The monoisotopic (exact) mass is 296 g/mol. The lowest BCUT2D eigenvalue weighted by atomic mass is 9.92. The van der Waals surface area contributed by atoms with Gasteiger partial charge in [0.1, 0.15) is 5.82 Å². The highest BCUT2D eigenvalue weighted by Crippen LogP contribution is 2.40.